The molecule has 0 atom stereocenters. The molecule has 0 saturated carbocycles. The minimum atomic E-state index is -0.353. The van der Waals surface area contributed by atoms with Gasteiger partial charge < -0.3 is 24.0 Å². The number of carbonyl (C=O) groups excluding carboxylic acids is 2. The minimum Gasteiger partial charge on any atom is -0.465 e. The molecule has 0 aromatic heterocycles. The molecule has 0 bridgehead atoms. The average molecular weight is 368 g/mol. The number of hydrogen-bond acceptors (Lipinski definition) is 6. The maximum atomic E-state index is 12.8. The van der Waals surface area contributed by atoms with Crippen molar-refractivity contribution in [2.24, 2.45) is 0 Å². The first-order chi connectivity index (χ1) is 13.2. The van der Waals surface area contributed by atoms with E-state index < -0.39 is 0 Å². The number of piperazine rings is 1. The molecule has 1 fully saturated rings. The summed E-state index contributed by atoms with van der Waals surface area (Å²) in [6, 6.07) is 12.6. The third-order valence-corrected chi connectivity index (χ3v) is 4.82. The van der Waals surface area contributed by atoms with Gasteiger partial charge in [0.15, 0.2) is 11.5 Å². The zero-order valence-electron chi connectivity index (χ0n) is 15.0. The van der Waals surface area contributed by atoms with Gasteiger partial charge in [0.2, 0.25) is 6.79 Å². The van der Waals surface area contributed by atoms with Crippen molar-refractivity contribution in [3.8, 4) is 11.5 Å². The topological polar surface area (TPSA) is 68.3 Å². The second kappa shape index (κ2) is 7.19. The van der Waals surface area contributed by atoms with Crippen molar-refractivity contribution in [1.29, 1.82) is 0 Å². The minimum absolute atomic E-state index is 0.0174. The Bertz CT molecular complexity index is 874. The molecular formula is C20H20N2O5. The number of nitrogens with zero attached hydrogens (tertiary/aromatic N) is 2. The monoisotopic (exact) mass is 368 g/mol. The van der Waals surface area contributed by atoms with Crippen LogP contribution in [0.1, 0.15) is 20.7 Å². The van der Waals surface area contributed by atoms with E-state index in [0.717, 1.165) is 5.69 Å². The maximum absolute atomic E-state index is 12.8. The summed E-state index contributed by atoms with van der Waals surface area (Å²) in [7, 11) is 1.37. The van der Waals surface area contributed by atoms with Crippen LogP contribution < -0.4 is 14.4 Å². The first-order valence-corrected chi connectivity index (χ1v) is 8.78. The second-order valence-electron chi connectivity index (χ2n) is 6.39. The van der Waals surface area contributed by atoms with E-state index in [2.05, 4.69) is 4.90 Å². The molecule has 2 aliphatic rings. The van der Waals surface area contributed by atoms with Crippen molar-refractivity contribution in [3.05, 3.63) is 53.6 Å². The lowest BCUT2D eigenvalue weighted by atomic mass is 10.1. The Balaban J connectivity index is 1.41. The van der Waals surface area contributed by atoms with Crippen molar-refractivity contribution in [2.75, 3.05) is 45.0 Å². The van der Waals surface area contributed by atoms with Gasteiger partial charge in [0.05, 0.1) is 12.7 Å². The van der Waals surface area contributed by atoms with Crippen LogP contribution in [-0.2, 0) is 4.74 Å². The number of rotatable bonds is 3. The van der Waals surface area contributed by atoms with Gasteiger partial charge in [0.1, 0.15) is 0 Å². The van der Waals surface area contributed by atoms with E-state index in [9.17, 15) is 9.59 Å². The van der Waals surface area contributed by atoms with Crippen LogP contribution in [0.4, 0.5) is 5.69 Å². The number of hydrogen-bond donors (Lipinski definition) is 0. The number of ether oxygens (including phenoxy) is 3. The van der Waals surface area contributed by atoms with Crippen molar-refractivity contribution in [2.45, 2.75) is 0 Å². The standard InChI is InChI=1S/C20H20N2O5/c1-25-20(24)15-3-2-4-16(11-15)21-7-9-22(10-8-21)19(23)14-5-6-17-18(12-14)27-13-26-17/h2-6,11-12H,7-10,13H2,1H3. The third kappa shape index (κ3) is 3.40. The molecule has 2 aromatic carbocycles. The van der Waals surface area contributed by atoms with Crippen molar-refractivity contribution in [3.63, 3.8) is 0 Å². The molecule has 0 N–H and O–H groups in total. The molecule has 1 amide bonds. The first-order valence-electron chi connectivity index (χ1n) is 8.78. The highest BCUT2D eigenvalue weighted by Gasteiger charge is 2.24. The van der Waals surface area contributed by atoms with E-state index in [0.29, 0.717) is 48.8 Å². The molecule has 27 heavy (non-hydrogen) atoms. The van der Waals surface area contributed by atoms with Crippen molar-refractivity contribution < 1.29 is 23.8 Å². The van der Waals surface area contributed by atoms with Crippen LogP contribution in [0.15, 0.2) is 42.5 Å². The number of carbonyl (C=O) groups is 2. The Morgan fingerprint density at radius 3 is 2.48 bits per heavy atom. The fourth-order valence-corrected chi connectivity index (χ4v) is 3.33. The zero-order chi connectivity index (χ0) is 18.8. The van der Waals surface area contributed by atoms with Gasteiger partial charge in [-0.05, 0) is 36.4 Å². The van der Waals surface area contributed by atoms with E-state index in [1.807, 2.05) is 23.1 Å². The molecule has 4 rings (SSSR count). The highest BCUT2D eigenvalue weighted by atomic mass is 16.7. The fourth-order valence-electron chi connectivity index (χ4n) is 3.33. The van der Waals surface area contributed by atoms with Crippen LogP contribution in [-0.4, -0.2) is 56.9 Å². The second-order valence-corrected chi connectivity index (χ2v) is 6.39. The van der Waals surface area contributed by atoms with Gasteiger partial charge in [-0.15, -0.1) is 0 Å². The maximum Gasteiger partial charge on any atom is 0.337 e. The van der Waals surface area contributed by atoms with Gasteiger partial charge in [-0.2, -0.15) is 0 Å². The summed E-state index contributed by atoms with van der Waals surface area (Å²) in [6.45, 7) is 2.80. The lowest BCUT2D eigenvalue weighted by Crippen LogP contribution is -2.48. The summed E-state index contributed by atoms with van der Waals surface area (Å²) in [6.07, 6.45) is 0. The molecule has 2 aromatic rings. The Morgan fingerprint density at radius 2 is 1.70 bits per heavy atom. The molecule has 7 heteroatoms. The highest BCUT2D eigenvalue weighted by molar-refractivity contribution is 5.95. The SMILES string of the molecule is COC(=O)c1cccc(N2CCN(C(=O)c3ccc4c(c3)OCO4)CC2)c1. The smallest absolute Gasteiger partial charge is 0.337 e. The quantitative estimate of drug-likeness (QED) is 0.774. The molecular weight excluding hydrogens is 348 g/mol. The van der Waals surface area contributed by atoms with Crippen molar-refractivity contribution >= 4 is 17.6 Å². The molecule has 0 radical (unpaired) electrons. The Morgan fingerprint density at radius 1 is 0.926 bits per heavy atom. The molecule has 0 aliphatic carbocycles. The summed E-state index contributed by atoms with van der Waals surface area (Å²) < 4.78 is 15.4. The highest BCUT2D eigenvalue weighted by Crippen LogP contribution is 2.33. The van der Waals surface area contributed by atoms with Crippen LogP contribution in [0.3, 0.4) is 0 Å². The van der Waals surface area contributed by atoms with E-state index >= 15 is 0 Å². The summed E-state index contributed by atoms with van der Waals surface area (Å²) in [4.78, 5) is 28.5. The van der Waals surface area contributed by atoms with Gasteiger partial charge in [-0.1, -0.05) is 6.07 Å². The lowest BCUT2D eigenvalue weighted by molar-refractivity contribution is 0.0600. The van der Waals surface area contributed by atoms with Crippen LogP contribution in [0, 0.1) is 0 Å². The number of anilines is 1. The van der Waals surface area contributed by atoms with Crippen LogP contribution >= 0.6 is 0 Å². The van der Waals surface area contributed by atoms with Gasteiger partial charge in [0, 0.05) is 37.4 Å². The molecule has 7 nitrogen and oxygen atoms in total. The summed E-state index contributed by atoms with van der Waals surface area (Å²) >= 11 is 0. The molecule has 1 saturated heterocycles. The van der Waals surface area contributed by atoms with Crippen LogP contribution in [0.2, 0.25) is 0 Å². The van der Waals surface area contributed by atoms with Gasteiger partial charge in [0.25, 0.3) is 5.91 Å². The zero-order valence-corrected chi connectivity index (χ0v) is 15.0. The predicted molar refractivity (Wildman–Crippen MR) is 98.5 cm³/mol. The first kappa shape index (κ1) is 17.2. The number of esters is 1. The fraction of sp³-hybridized carbons (Fsp3) is 0.300. The molecule has 140 valence electrons. The number of benzene rings is 2. The summed E-state index contributed by atoms with van der Waals surface area (Å²) in [5, 5.41) is 0. The van der Waals surface area contributed by atoms with Crippen molar-refractivity contribution in [1.82, 2.24) is 4.90 Å². The van der Waals surface area contributed by atoms with Crippen LogP contribution in [0.5, 0.6) is 11.5 Å². The molecule has 2 aliphatic heterocycles. The van der Waals surface area contributed by atoms with Gasteiger partial charge in [-0.25, -0.2) is 4.79 Å². The van der Waals surface area contributed by atoms with Gasteiger partial charge >= 0.3 is 5.97 Å². The van der Waals surface area contributed by atoms with E-state index in [1.165, 1.54) is 7.11 Å². The average Bonchev–Trinajstić information content (AvgIpc) is 3.20. The predicted octanol–water partition coefficient (Wildman–Crippen LogP) is 2.16. The van der Waals surface area contributed by atoms with E-state index in [4.69, 9.17) is 14.2 Å². The molecule has 0 spiro atoms. The number of methoxy groups -OCH3 is 1. The third-order valence-electron chi connectivity index (χ3n) is 4.82. The summed E-state index contributed by atoms with van der Waals surface area (Å²) in [5.74, 6) is 0.908. The van der Waals surface area contributed by atoms with Crippen LogP contribution in [0.25, 0.3) is 0 Å². The normalized spacial score (nSPS) is 15.6. The Hall–Kier alpha value is -3.22. The van der Waals surface area contributed by atoms with Gasteiger partial charge in [-0.3, -0.25) is 4.79 Å². The number of fused-ring (bicyclic) bond motifs is 1. The van der Waals surface area contributed by atoms with E-state index in [1.54, 1.807) is 24.3 Å². The van der Waals surface area contributed by atoms with E-state index in [-0.39, 0.29) is 18.7 Å². The molecule has 2 heterocycles. The number of amides is 1. The Labute approximate surface area is 157 Å². The Kier molecular flexibility index (Phi) is 4.58. The summed E-state index contributed by atoms with van der Waals surface area (Å²) in [5.41, 5.74) is 2.07. The largest absolute Gasteiger partial charge is 0.465 e. The lowest BCUT2D eigenvalue weighted by Gasteiger charge is -2.36. The molecule has 0 unspecified atom stereocenters.